The summed E-state index contributed by atoms with van der Waals surface area (Å²) in [5.74, 6) is -0.906. The van der Waals surface area contributed by atoms with Gasteiger partial charge in [0.15, 0.2) is 0 Å². The Kier molecular flexibility index (Phi) is 5.62. The van der Waals surface area contributed by atoms with E-state index < -0.39 is 20.0 Å². The van der Waals surface area contributed by atoms with Crippen LogP contribution in [0.1, 0.15) is 0 Å². The van der Waals surface area contributed by atoms with E-state index in [0.29, 0.717) is 12.5 Å². The average Bonchev–Trinajstić information content (AvgIpc) is 2.22. The molecule has 5 heteroatoms. The molecule has 0 heterocycles. The van der Waals surface area contributed by atoms with Crippen LogP contribution in [0.2, 0.25) is 13.1 Å². The monoisotopic (exact) mass is 228 g/mol. The smallest absolute Gasteiger partial charge is 0.329 e. The number of esters is 2. The van der Waals surface area contributed by atoms with E-state index in [1.807, 2.05) is 13.1 Å². The minimum atomic E-state index is -1.84. The lowest BCUT2D eigenvalue weighted by Crippen LogP contribution is -2.40. The lowest BCUT2D eigenvalue weighted by atomic mass is 10.7. The Hall–Kier alpha value is -1.36. The van der Waals surface area contributed by atoms with E-state index in [1.165, 1.54) is 0 Å². The summed E-state index contributed by atoms with van der Waals surface area (Å²) in [7, 11) is -1.84. The largest absolute Gasteiger partial charge is 0.466 e. The highest BCUT2D eigenvalue weighted by Crippen LogP contribution is 2.04. The maximum atomic E-state index is 10.8. The second-order valence-corrected chi connectivity index (χ2v) is 8.69. The van der Waals surface area contributed by atoms with Crippen LogP contribution in [-0.4, -0.2) is 32.5 Å². The van der Waals surface area contributed by atoms with Crippen molar-refractivity contribution in [3.05, 3.63) is 25.3 Å². The zero-order valence-corrected chi connectivity index (χ0v) is 10.1. The van der Waals surface area contributed by atoms with Gasteiger partial charge in [-0.1, -0.05) is 26.3 Å². The molecule has 0 spiro atoms. The summed E-state index contributed by atoms with van der Waals surface area (Å²) in [5.41, 5.74) is 0. The molecule has 4 nitrogen and oxygen atoms in total. The number of hydrogen-bond donors (Lipinski definition) is 0. The standard InChI is InChI=1S/C10H16O4Si/c1-5-9(11)13-7-15(3,4)8-14-10(12)6-2/h5-6H,1-2,7-8H2,3-4H3. The van der Waals surface area contributed by atoms with Crippen LogP contribution in [0, 0.1) is 0 Å². The van der Waals surface area contributed by atoms with Gasteiger partial charge in [0.25, 0.3) is 0 Å². The van der Waals surface area contributed by atoms with Gasteiger partial charge in [-0.3, -0.25) is 0 Å². The van der Waals surface area contributed by atoms with Gasteiger partial charge in [-0.25, -0.2) is 9.59 Å². The van der Waals surface area contributed by atoms with E-state index in [9.17, 15) is 9.59 Å². The van der Waals surface area contributed by atoms with E-state index in [-0.39, 0.29) is 0 Å². The third kappa shape index (κ3) is 6.67. The van der Waals surface area contributed by atoms with Crippen molar-refractivity contribution in [2.45, 2.75) is 13.1 Å². The maximum Gasteiger partial charge on any atom is 0.329 e. The maximum absolute atomic E-state index is 10.8. The molecule has 0 saturated carbocycles. The van der Waals surface area contributed by atoms with Crippen LogP contribution >= 0.6 is 0 Å². The van der Waals surface area contributed by atoms with E-state index in [2.05, 4.69) is 13.2 Å². The van der Waals surface area contributed by atoms with Gasteiger partial charge in [-0.2, -0.15) is 0 Å². The Labute approximate surface area is 90.6 Å². The molecule has 0 unspecified atom stereocenters. The Morgan fingerprint density at radius 2 is 1.40 bits per heavy atom. The van der Waals surface area contributed by atoms with Gasteiger partial charge in [0.05, 0.1) is 12.5 Å². The van der Waals surface area contributed by atoms with E-state index in [0.717, 1.165) is 12.2 Å². The number of ether oxygens (including phenoxy) is 2. The molecule has 0 atom stereocenters. The van der Waals surface area contributed by atoms with Crippen molar-refractivity contribution in [2.75, 3.05) is 12.5 Å². The fourth-order valence-electron chi connectivity index (χ4n) is 0.693. The highest BCUT2D eigenvalue weighted by molar-refractivity contribution is 6.77. The first-order chi connectivity index (χ1) is 6.91. The number of carbonyl (C=O) groups excluding carboxylic acids is 2. The van der Waals surface area contributed by atoms with Crippen LogP contribution < -0.4 is 0 Å². The fraction of sp³-hybridized carbons (Fsp3) is 0.400. The van der Waals surface area contributed by atoms with Gasteiger partial charge < -0.3 is 9.47 Å². The van der Waals surface area contributed by atoms with E-state index >= 15 is 0 Å². The summed E-state index contributed by atoms with van der Waals surface area (Å²) >= 11 is 0. The molecule has 0 radical (unpaired) electrons. The van der Waals surface area contributed by atoms with Crippen LogP contribution in [0.25, 0.3) is 0 Å². The van der Waals surface area contributed by atoms with E-state index in [1.54, 1.807) is 0 Å². The van der Waals surface area contributed by atoms with Crippen LogP contribution in [0.4, 0.5) is 0 Å². The predicted octanol–water partition coefficient (Wildman–Crippen LogP) is 1.23. The molecular formula is C10H16O4Si. The minimum absolute atomic E-state index is 0.308. The number of carbonyl (C=O) groups is 2. The summed E-state index contributed by atoms with van der Waals surface area (Å²) in [6.07, 6.45) is 2.84. The normalized spacial score (nSPS) is 10.3. The van der Waals surface area contributed by atoms with Gasteiger partial charge in [-0.15, -0.1) is 0 Å². The molecule has 0 fully saturated rings. The van der Waals surface area contributed by atoms with Crippen LogP contribution in [0.5, 0.6) is 0 Å². The first-order valence-electron chi connectivity index (χ1n) is 4.49. The molecule has 0 aliphatic rings. The van der Waals surface area contributed by atoms with Crippen molar-refractivity contribution in [1.29, 1.82) is 0 Å². The molecule has 0 amide bonds. The van der Waals surface area contributed by atoms with Crippen LogP contribution in [-0.2, 0) is 19.1 Å². The summed E-state index contributed by atoms with van der Waals surface area (Å²) in [5, 5.41) is 0. The quantitative estimate of drug-likeness (QED) is 0.390. The van der Waals surface area contributed by atoms with Crippen LogP contribution in [0.3, 0.4) is 0 Å². The molecule has 0 N–H and O–H groups in total. The zero-order valence-electron chi connectivity index (χ0n) is 9.12. The molecule has 84 valence electrons. The lowest BCUT2D eigenvalue weighted by molar-refractivity contribution is -0.136. The molecule has 0 aromatic carbocycles. The van der Waals surface area contributed by atoms with Gasteiger partial charge >= 0.3 is 11.9 Å². The van der Waals surface area contributed by atoms with Gasteiger partial charge in [0.2, 0.25) is 0 Å². The predicted molar refractivity (Wildman–Crippen MR) is 59.8 cm³/mol. The van der Waals surface area contributed by atoms with Crippen molar-refractivity contribution >= 4 is 20.0 Å². The first kappa shape index (κ1) is 13.6. The SMILES string of the molecule is C=CC(=O)OC[Si](C)(C)COC(=O)C=C. The van der Waals surface area contributed by atoms with Gasteiger partial charge in [-0.05, 0) is 0 Å². The molecular weight excluding hydrogens is 212 g/mol. The number of rotatable bonds is 6. The molecule has 0 aliphatic heterocycles. The van der Waals surface area contributed by atoms with Crippen molar-refractivity contribution in [3.8, 4) is 0 Å². The molecule has 0 bridgehead atoms. The summed E-state index contributed by atoms with van der Waals surface area (Å²) in [6.45, 7) is 10.5. The zero-order chi connectivity index (χ0) is 11.9. The molecule has 0 aliphatic carbocycles. The number of hydrogen-bond acceptors (Lipinski definition) is 4. The third-order valence-corrected chi connectivity index (χ3v) is 3.40. The lowest BCUT2D eigenvalue weighted by Gasteiger charge is -2.20. The molecule has 0 saturated heterocycles. The Morgan fingerprint density at radius 1 is 1.07 bits per heavy atom. The summed E-state index contributed by atoms with van der Waals surface area (Å²) in [4.78, 5) is 21.6. The second-order valence-electron chi connectivity index (χ2n) is 3.79. The second kappa shape index (κ2) is 6.18. The van der Waals surface area contributed by atoms with Crippen molar-refractivity contribution < 1.29 is 19.1 Å². The molecule has 0 rings (SSSR count). The third-order valence-electron chi connectivity index (χ3n) is 1.54. The fourth-order valence-corrected chi connectivity index (χ4v) is 1.84. The molecule has 0 aromatic heterocycles. The summed E-state index contributed by atoms with van der Waals surface area (Å²) in [6, 6.07) is 0. The Morgan fingerprint density at radius 3 is 1.67 bits per heavy atom. The topological polar surface area (TPSA) is 52.6 Å². The van der Waals surface area contributed by atoms with Crippen LogP contribution in [0.15, 0.2) is 25.3 Å². The van der Waals surface area contributed by atoms with E-state index in [4.69, 9.17) is 9.47 Å². The van der Waals surface area contributed by atoms with Gasteiger partial charge in [0, 0.05) is 12.2 Å². The van der Waals surface area contributed by atoms with Crippen molar-refractivity contribution in [2.24, 2.45) is 0 Å². The van der Waals surface area contributed by atoms with Crippen molar-refractivity contribution in [1.82, 2.24) is 0 Å². The molecule has 0 aromatic rings. The average molecular weight is 228 g/mol. The summed E-state index contributed by atoms with van der Waals surface area (Å²) < 4.78 is 9.82. The Balaban J connectivity index is 3.95. The minimum Gasteiger partial charge on any atom is -0.466 e. The van der Waals surface area contributed by atoms with Crippen molar-refractivity contribution in [3.63, 3.8) is 0 Å². The Bertz CT molecular complexity index is 245. The highest BCUT2D eigenvalue weighted by atomic mass is 28.3. The van der Waals surface area contributed by atoms with Gasteiger partial charge in [0.1, 0.15) is 8.07 Å². The highest BCUT2D eigenvalue weighted by Gasteiger charge is 2.24. The first-order valence-corrected chi connectivity index (χ1v) is 7.91. The molecule has 15 heavy (non-hydrogen) atoms.